The largest absolute Gasteiger partial charge is 0.493 e. The van der Waals surface area contributed by atoms with Crippen LogP contribution in [0.4, 0.5) is 0 Å². The van der Waals surface area contributed by atoms with Crippen LogP contribution in [0.15, 0.2) is 23.5 Å². The first-order valence-corrected chi connectivity index (χ1v) is 10.4. The van der Waals surface area contributed by atoms with E-state index in [0.29, 0.717) is 37.0 Å². The molecule has 0 amide bonds. The molecule has 1 aliphatic carbocycles. The third-order valence-electron chi connectivity index (χ3n) is 6.02. The normalized spacial score (nSPS) is 30.5. The topological polar surface area (TPSA) is 111 Å². The lowest BCUT2D eigenvalue weighted by molar-refractivity contribution is -0.137. The standard InChI is InChI=1S/C22H33NO5/c1-3-4-6-14(2)18(24)10-9-16-17-11-20(28-21(17)12-19(16)25)15(13-23)7-5-8-22(26)27/h9-10,14,16-19,21,24-25H,3-8,11-12H2,1-2H3,(H,26,27)/b10-9+,20-15+. The molecule has 6 nitrogen and oxygen atoms in total. The molecule has 0 radical (unpaired) electrons. The highest BCUT2D eigenvalue weighted by Gasteiger charge is 2.47. The van der Waals surface area contributed by atoms with Crippen LogP contribution in [0.3, 0.4) is 0 Å². The Morgan fingerprint density at radius 3 is 2.79 bits per heavy atom. The molecule has 3 N–H and O–H groups in total. The summed E-state index contributed by atoms with van der Waals surface area (Å²) in [5.41, 5.74) is 0.515. The average Bonchev–Trinajstić information content (AvgIpc) is 3.18. The molecule has 2 rings (SSSR count). The highest BCUT2D eigenvalue weighted by atomic mass is 16.5. The van der Waals surface area contributed by atoms with Gasteiger partial charge in [0, 0.05) is 31.1 Å². The molecule has 6 heteroatoms. The monoisotopic (exact) mass is 391 g/mol. The number of allylic oxidation sites excluding steroid dienone is 2. The van der Waals surface area contributed by atoms with E-state index in [-0.39, 0.29) is 30.3 Å². The number of carbonyl (C=O) groups is 1. The summed E-state index contributed by atoms with van der Waals surface area (Å²) in [6, 6.07) is 2.16. The van der Waals surface area contributed by atoms with E-state index in [2.05, 4.69) is 13.0 Å². The minimum absolute atomic E-state index is 0.0312. The van der Waals surface area contributed by atoms with Crippen LogP contribution in [0.1, 0.15) is 65.2 Å². The summed E-state index contributed by atoms with van der Waals surface area (Å²) in [7, 11) is 0. The molecule has 6 atom stereocenters. The minimum atomic E-state index is -0.869. The molecular weight excluding hydrogens is 358 g/mol. The second kappa shape index (κ2) is 10.6. The van der Waals surface area contributed by atoms with E-state index in [1.807, 2.05) is 13.0 Å². The summed E-state index contributed by atoms with van der Waals surface area (Å²) in [5.74, 6) is -0.0615. The molecule has 0 aromatic heterocycles. The van der Waals surface area contributed by atoms with Gasteiger partial charge in [-0.05, 0) is 25.2 Å². The number of aliphatic hydroxyl groups is 2. The van der Waals surface area contributed by atoms with Gasteiger partial charge in [-0.2, -0.15) is 5.26 Å². The van der Waals surface area contributed by atoms with Gasteiger partial charge in [0.25, 0.3) is 0 Å². The number of hydrogen-bond acceptors (Lipinski definition) is 5. The number of aliphatic hydroxyl groups excluding tert-OH is 2. The Hall–Kier alpha value is -1.84. The third kappa shape index (κ3) is 5.83. The fourth-order valence-corrected chi connectivity index (χ4v) is 4.22. The summed E-state index contributed by atoms with van der Waals surface area (Å²) < 4.78 is 5.96. The fraction of sp³-hybridized carbons (Fsp3) is 0.727. The van der Waals surface area contributed by atoms with E-state index in [9.17, 15) is 20.3 Å². The summed E-state index contributed by atoms with van der Waals surface area (Å²) >= 11 is 0. The van der Waals surface area contributed by atoms with Crippen molar-refractivity contribution >= 4 is 5.97 Å². The van der Waals surface area contributed by atoms with Crippen molar-refractivity contribution in [2.45, 2.75) is 83.5 Å². The van der Waals surface area contributed by atoms with Crippen molar-refractivity contribution in [2.24, 2.45) is 17.8 Å². The Morgan fingerprint density at radius 1 is 1.39 bits per heavy atom. The van der Waals surface area contributed by atoms with Crippen molar-refractivity contribution in [1.82, 2.24) is 0 Å². The van der Waals surface area contributed by atoms with Crippen LogP contribution in [-0.4, -0.2) is 39.6 Å². The predicted octanol–water partition coefficient (Wildman–Crippen LogP) is 3.55. The number of ether oxygens (including phenoxy) is 1. The van der Waals surface area contributed by atoms with Gasteiger partial charge in [-0.15, -0.1) is 0 Å². The van der Waals surface area contributed by atoms with Crippen LogP contribution in [0.25, 0.3) is 0 Å². The van der Waals surface area contributed by atoms with Crippen molar-refractivity contribution in [1.29, 1.82) is 5.26 Å². The molecule has 2 fully saturated rings. The number of fused-ring (bicyclic) bond motifs is 1. The van der Waals surface area contributed by atoms with Gasteiger partial charge in [0.05, 0.1) is 23.9 Å². The second-order valence-electron chi connectivity index (χ2n) is 8.16. The molecular formula is C22H33NO5. The number of aliphatic carboxylic acids is 1. The number of rotatable bonds is 10. The predicted molar refractivity (Wildman–Crippen MR) is 105 cm³/mol. The van der Waals surface area contributed by atoms with E-state index in [4.69, 9.17) is 9.84 Å². The third-order valence-corrected chi connectivity index (χ3v) is 6.02. The Bertz CT molecular complexity index is 635. The lowest BCUT2D eigenvalue weighted by Gasteiger charge is -2.18. The van der Waals surface area contributed by atoms with Gasteiger partial charge >= 0.3 is 5.97 Å². The molecule has 1 heterocycles. The van der Waals surface area contributed by atoms with Crippen molar-refractivity contribution in [3.05, 3.63) is 23.5 Å². The van der Waals surface area contributed by atoms with Crippen molar-refractivity contribution in [3.8, 4) is 6.07 Å². The summed E-state index contributed by atoms with van der Waals surface area (Å²) in [6.45, 7) is 4.17. The Kier molecular flexibility index (Phi) is 8.53. The van der Waals surface area contributed by atoms with Crippen LogP contribution in [0.5, 0.6) is 0 Å². The SMILES string of the molecule is CCCCC(C)C(O)/C=C/C1C(O)CC2O/C(=C(/C#N)CCCC(=O)O)CC21. The molecule has 1 saturated carbocycles. The maximum atomic E-state index is 10.7. The quantitative estimate of drug-likeness (QED) is 0.388. The zero-order valence-electron chi connectivity index (χ0n) is 16.9. The van der Waals surface area contributed by atoms with Crippen LogP contribution in [-0.2, 0) is 9.53 Å². The summed E-state index contributed by atoms with van der Waals surface area (Å²) in [4.78, 5) is 10.7. The first-order valence-electron chi connectivity index (χ1n) is 10.4. The number of hydrogen-bond donors (Lipinski definition) is 3. The number of carboxylic acid groups (broad SMARTS) is 1. The molecule has 1 aliphatic heterocycles. The average molecular weight is 392 g/mol. The zero-order chi connectivity index (χ0) is 20.7. The van der Waals surface area contributed by atoms with Crippen molar-refractivity contribution < 1.29 is 24.9 Å². The van der Waals surface area contributed by atoms with E-state index < -0.39 is 18.2 Å². The first-order chi connectivity index (χ1) is 13.4. The van der Waals surface area contributed by atoms with E-state index in [1.165, 1.54) is 0 Å². The molecule has 2 aliphatic rings. The van der Waals surface area contributed by atoms with Crippen LogP contribution >= 0.6 is 0 Å². The highest BCUT2D eigenvalue weighted by Crippen LogP contribution is 2.46. The van der Waals surface area contributed by atoms with Crippen LogP contribution in [0.2, 0.25) is 0 Å². The molecule has 0 aromatic rings. The number of nitrogens with zero attached hydrogens (tertiary/aromatic N) is 1. The van der Waals surface area contributed by atoms with Gasteiger partial charge in [0.1, 0.15) is 11.9 Å². The number of unbranched alkanes of at least 4 members (excludes halogenated alkanes) is 1. The Morgan fingerprint density at radius 2 is 2.14 bits per heavy atom. The lowest BCUT2D eigenvalue weighted by atomic mass is 9.89. The van der Waals surface area contributed by atoms with Gasteiger partial charge in [-0.1, -0.05) is 38.8 Å². The van der Waals surface area contributed by atoms with E-state index in [0.717, 1.165) is 19.3 Å². The van der Waals surface area contributed by atoms with Gasteiger partial charge in [-0.3, -0.25) is 4.79 Å². The molecule has 0 spiro atoms. The zero-order valence-corrected chi connectivity index (χ0v) is 16.9. The van der Waals surface area contributed by atoms with Gasteiger partial charge in [0.15, 0.2) is 0 Å². The van der Waals surface area contributed by atoms with E-state index in [1.54, 1.807) is 6.08 Å². The van der Waals surface area contributed by atoms with Gasteiger partial charge < -0.3 is 20.1 Å². The van der Waals surface area contributed by atoms with Gasteiger partial charge in [-0.25, -0.2) is 0 Å². The number of carboxylic acids is 1. The molecule has 6 unspecified atom stereocenters. The Balaban J connectivity index is 2.00. The maximum absolute atomic E-state index is 10.7. The summed E-state index contributed by atoms with van der Waals surface area (Å²) in [5, 5.41) is 38.9. The second-order valence-corrected chi connectivity index (χ2v) is 8.16. The lowest BCUT2D eigenvalue weighted by Crippen LogP contribution is -2.20. The van der Waals surface area contributed by atoms with Crippen LogP contribution in [0, 0.1) is 29.1 Å². The molecule has 1 saturated heterocycles. The fourth-order valence-electron chi connectivity index (χ4n) is 4.22. The smallest absolute Gasteiger partial charge is 0.303 e. The maximum Gasteiger partial charge on any atom is 0.303 e. The Labute approximate surface area is 167 Å². The highest BCUT2D eigenvalue weighted by molar-refractivity contribution is 5.66. The van der Waals surface area contributed by atoms with Crippen LogP contribution < -0.4 is 0 Å². The number of nitriles is 1. The van der Waals surface area contributed by atoms with Gasteiger partial charge in [0.2, 0.25) is 0 Å². The molecule has 28 heavy (non-hydrogen) atoms. The molecule has 156 valence electrons. The molecule has 0 bridgehead atoms. The summed E-state index contributed by atoms with van der Waals surface area (Å²) in [6.07, 6.45) is 7.65. The molecule has 0 aromatic carbocycles. The van der Waals surface area contributed by atoms with E-state index >= 15 is 0 Å². The van der Waals surface area contributed by atoms with Crippen molar-refractivity contribution in [2.75, 3.05) is 0 Å². The van der Waals surface area contributed by atoms with Crippen molar-refractivity contribution in [3.63, 3.8) is 0 Å². The first kappa shape index (κ1) is 22.4. The minimum Gasteiger partial charge on any atom is -0.493 e.